The van der Waals surface area contributed by atoms with E-state index in [-0.39, 0.29) is 11.9 Å². The van der Waals surface area contributed by atoms with Crippen LogP contribution < -0.4 is 5.32 Å². The van der Waals surface area contributed by atoms with Gasteiger partial charge in [-0.3, -0.25) is 4.79 Å². The molecule has 25 heavy (non-hydrogen) atoms. The summed E-state index contributed by atoms with van der Waals surface area (Å²) in [5.74, 6) is 0.0759. The SMILES string of the molecule is C[C@H](CC(=O)N(C)C)NCc1ccc(S(=O)(=O)N2CCOCC2)cc1. The van der Waals surface area contributed by atoms with Gasteiger partial charge in [-0.1, -0.05) is 12.1 Å². The standard InChI is InChI=1S/C17H27N3O4S/c1-14(12-17(21)19(2)3)18-13-15-4-6-16(7-5-15)25(22,23)20-8-10-24-11-9-20/h4-7,14,18H,8-13H2,1-3H3/t14-/m1/s1. The molecule has 1 fully saturated rings. The van der Waals surface area contributed by atoms with Gasteiger partial charge in [0.1, 0.15) is 0 Å². The number of carbonyl (C=O) groups is 1. The molecule has 1 atom stereocenters. The molecule has 1 aromatic rings. The third-order valence-corrected chi connectivity index (χ3v) is 6.08. The third-order valence-electron chi connectivity index (χ3n) is 4.17. The summed E-state index contributed by atoms with van der Waals surface area (Å²) in [7, 11) is 0.0248. The molecule has 140 valence electrons. The number of ether oxygens (including phenoxy) is 1. The van der Waals surface area contributed by atoms with Crippen LogP contribution >= 0.6 is 0 Å². The van der Waals surface area contributed by atoms with Crippen molar-refractivity contribution in [3.8, 4) is 0 Å². The number of amides is 1. The zero-order valence-electron chi connectivity index (χ0n) is 15.1. The van der Waals surface area contributed by atoms with E-state index in [1.807, 2.05) is 6.92 Å². The topological polar surface area (TPSA) is 79.0 Å². The minimum Gasteiger partial charge on any atom is -0.379 e. The molecule has 0 unspecified atom stereocenters. The van der Waals surface area contributed by atoms with E-state index in [1.54, 1.807) is 43.3 Å². The molecule has 0 radical (unpaired) electrons. The monoisotopic (exact) mass is 369 g/mol. The summed E-state index contributed by atoms with van der Waals surface area (Å²) >= 11 is 0. The van der Waals surface area contributed by atoms with Crippen molar-refractivity contribution in [3.63, 3.8) is 0 Å². The Morgan fingerprint density at radius 3 is 2.40 bits per heavy atom. The van der Waals surface area contributed by atoms with E-state index in [4.69, 9.17) is 4.74 Å². The first kappa shape index (κ1) is 19.8. The molecule has 1 heterocycles. The van der Waals surface area contributed by atoms with Crippen LogP contribution in [0.25, 0.3) is 0 Å². The van der Waals surface area contributed by atoms with Gasteiger partial charge < -0.3 is 15.0 Å². The average molecular weight is 369 g/mol. The molecule has 1 N–H and O–H groups in total. The Balaban J connectivity index is 1.92. The number of sulfonamides is 1. The highest BCUT2D eigenvalue weighted by atomic mass is 32.2. The molecular weight excluding hydrogens is 342 g/mol. The summed E-state index contributed by atoms with van der Waals surface area (Å²) in [6, 6.07) is 6.93. The quantitative estimate of drug-likeness (QED) is 0.764. The van der Waals surface area contributed by atoms with Gasteiger partial charge in [-0.2, -0.15) is 4.31 Å². The third kappa shape index (κ3) is 5.50. The summed E-state index contributed by atoms with van der Waals surface area (Å²) < 4.78 is 31.8. The lowest BCUT2D eigenvalue weighted by Gasteiger charge is -2.26. The van der Waals surface area contributed by atoms with Crippen molar-refractivity contribution in [1.29, 1.82) is 0 Å². The molecule has 8 heteroatoms. The Morgan fingerprint density at radius 2 is 1.84 bits per heavy atom. The minimum atomic E-state index is -3.45. The number of carbonyl (C=O) groups excluding carboxylic acids is 1. The highest BCUT2D eigenvalue weighted by Crippen LogP contribution is 2.17. The summed E-state index contributed by atoms with van der Waals surface area (Å²) in [6.45, 7) is 4.19. The first-order valence-corrected chi connectivity index (χ1v) is 9.85. The summed E-state index contributed by atoms with van der Waals surface area (Å²) in [4.78, 5) is 13.5. The molecule has 1 aromatic carbocycles. The highest BCUT2D eigenvalue weighted by Gasteiger charge is 2.26. The number of hydrogen-bond acceptors (Lipinski definition) is 5. The second kappa shape index (κ2) is 8.75. The van der Waals surface area contributed by atoms with E-state index in [0.29, 0.717) is 44.2 Å². The number of benzene rings is 1. The zero-order chi connectivity index (χ0) is 18.4. The Hall–Kier alpha value is -1.48. The van der Waals surface area contributed by atoms with Crippen LogP contribution in [0.15, 0.2) is 29.2 Å². The number of rotatable bonds is 7. The Morgan fingerprint density at radius 1 is 1.24 bits per heavy atom. The van der Waals surface area contributed by atoms with Crippen molar-refractivity contribution < 1.29 is 17.9 Å². The molecule has 2 rings (SSSR count). The molecule has 1 aliphatic rings. The number of morpholine rings is 1. The van der Waals surface area contributed by atoms with Crippen molar-refractivity contribution in [1.82, 2.24) is 14.5 Å². The van der Waals surface area contributed by atoms with Crippen LogP contribution in [0.5, 0.6) is 0 Å². The van der Waals surface area contributed by atoms with Gasteiger partial charge in [-0.15, -0.1) is 0 Å². The number of hydrogen-bond donors (Lipinski definition) is 1. The van der Waals surface area contributed by atoms with E-state index < -0.39 is 10.0 Å². The molecule has 0 aromatic heterocycles. The van der Waals surface area contributed by atoms with E-state index >= 15 is 0 Å². The maximum Gasteiger partial charge on any atom is 0.243 e. The minimum absolute atomic E-state index is 0.0478. The molecule has 1 amide bonds. The van der Waals surface area contributed by atoms with Gasteiger partial charge in [0, 0.05) is 46.2 Å². The maximum atomic E-state index is 12.6. The largest absolute Gasteiger partial charge is 0.379 e. The van der Waals surface area contributed by atoms with Crippen LogP contribution in [0.2, 0.25) is 0 Å². The van der Waals surface area contributed by atoms with E-state index in [2.05, 4.69) is 5.32 Å². The van der Waals surface area contributed by atoms with Crippen molar-refractivity contribution in [2.24, 2.45) is 0 Å². The predicted octanol–water partition coefficient (Wildman–Crippen LogP) is 0.664. The van der Waals surface area contributed by atoms with Gasteiger partial charge in [0.2, 0.25) is 15.9 Å². The van der Waals surface area contributed by atoms with Crippen LogP contribution in [0.4, 0.5) is 0 Å². The van der Waals surface area contributed by atoms with Crippen LogP contribution in [0.1, 0.15) is 18.9 Å². The Bertz CT molecular complexity index is 668. The number of nitrogens with zero attached hydrogens (tertiary/aromatic N) is 2. The molecular formula is C17H27N3O4S. The molecule has 0 saturated carbocycles. The first-order chi connectivity index (χ1) is 11.8. The lowest BCUT2D eigenvalue weighted by Crippen LogP contribution is -2.40. The average Bonchev–Trinajstić information content (AvgIpc) is 2.61. The van der Waals surface area contributed by atoms with Crippen molar-refractivity contribution in [2.45, 2.75) is 30.8 Å². The van der Waals surface area contributed by atoms with Gasteiger partial charge in [0.25, 0.3) is 0 Å². The Kier molecular flexibility index (Phi) is 6.95. The smallest absolute Gasteiger partial charge is 0.243 e. The van der Waals surface area contributed by atoms with Gasteiger partial charge >= 0.3 is 0 Å². The van der Waals surface area contributed by atoms with Crippen molar-refractivity contribution >= 4 is 15.9 Å². The zero-order valence-corrected chi connectivity index (χ0v) is 15.9. The molecule has 7 nitrogen and oxygen atoms in total. The van der Waals surface area contributed by atoms with Gasteiger partial charge in [-0.25, -0.2) is 8.42 Å². The van der Waals surface area contributed by atoms with Crippen LogP contribution in [0.3, 0.4) is 0 Å². The highest BCUT2D eigenvalue weighted by molar-refractivity contribution is 7.89. The van der Waals surface area contributed by atoms with E-state index in [0.717, 1.165) is 5.56 Å². The first-order valence-electron chi connectivity index (χ1n) is 8.41. The molecule has 1 aliphatic heterocycles. The lowest BCUT2D eigenvalue weighted by atomic mass is 10.2. The van der Waals surface area contributed by atoms with Crippen LogP contribution in [-0.4, -0.2) is 70.0 Å². The van der Waals surface area contributed by atoms with Crippen LogP contribution in [0, 0.1) is 0 Å². The molecule has 0 bridgehead atoms. The summed E-state index contributed by atoms with van der Waals surface area (Å²) in [5, 5.41) is 3.28. The van der Waals surface area contributed by atoms with Crippen molar-refractivity contribution in [2.75, 3.05) is 40.4 Å². The molecule has 0 aliphatic carbocycles. The second-order valence-corrected chi connectivity index (χ2v) is 8.37. The fourth-order valence-electron chi connectivity index (χ4n) is 2.52. The summed E-state index contributed by atoms with van der Waals surface area (Å²) in [6.07, 6.45) is 0.427. The molecule has 0 spiro atoms. The van der Waals surface area contributed by atoms with Gasteiger partial charge in [-0.05, 0) is 24.6 Å². The van der Waals surface area contributed by atoms with Crippen molar-refractivity contribution in [3.05, 3.63) is 29.8 Å². The summed E-state index contributed by atoms with van der Waals surface area (Å²) in [5.41, 5.74) is 0.977. The lowest BCUT2D eigenvalue weighted by molar-refractivity contribution is -0.129. The van der Waals surface area contributed by atoms with E-state index in [9.17, 15) is 13.2 Å². The Labute approximate surface area is 150 Å². The van der Waals surface area contributed by atoms with Gasteiger partial charge in [0.05, 0.1) is 18.1 Å². The van der Waals surface area contributed by atoms with Gasteiger partial charge in [0.15, 0.2) is 0 Å². The van der Waals surface area contributed by atoms with Crippen LogP contribution in [-0.2, 0) is 26.1 Å². The fraction of sp³-hybridized carbons (Fsp3) is 0.588. The molecule has 1 saturated heterocycles. The number of nitrogens with one attached hydrogen (secondary N) is 1. The van der Waals surface area contributed by atoms with E-state index in [1.165, 1.54) is 4.31 Å². The second-order valence-electron chi connectivity index (χ2n) is 6.43. The predicted molar refractivity (Wildman–Crippen MR) is 95.6 cm³/mol. The fourth-order valence-corrected chi connectivity index (χ4v) is 3.93. The maximum absolute atomic E-state index is 12.6. The normalized spacial score (nSPS) is 17.2.